The molecule has 0 N–H and O–H groups in total. The van der Waals surface area contributed by atoms with E-state index in [4.69, 9.17) is 0 Å². The summed E-state index contributed by atoms with van der Waals surface area (Å²) in [5, 5.41) is 2.06. The van der Waals surface area contributed by atoms with Crippen molar-refractivity contribution in [2.45, 2.75) is 25.3 Å². The standard InChI is InChI=1S/C16H16N2O/c19-16(18-9-7-15(18)11-4-5-11)14-3-1-2-12-10-17-8-6-13(12)14/h1-3,6,8,10-11,15H,4-5,7,9H2. The van der Waals surface area contributed by atoms with Gasteiger partial charge >= 0.3 is 0 Å². The summed E-state index contributed by atoms with van der Waals surface area (Å²) in [5.74, 6) is 0.967. The zero-order valence-electron chi connectivity index (χ0n) is 10.7. The summed E-state index contributed by atoms with van der Waals surface area (Å²) in [4.78, 5) is 18.9. The van der Waals surface area contributed by atoms with Crippen molar-refractivity contribution in [2.75, 3.05) is 6.54 Å². The van der Waals surface area contributed by atoms with Gasteiger partial charge in [-0.3, -0.25) is 9.78 Å². The largest absolute Gasteiger partial charge is 0.335 e. The molecule has 1 amide bonds. The highest BCUT2D eigenvalue weighted by atomic mass is 16.2. The monoisotopic (exact) mass is 252 g/mol. The molecular formula is C16H16N2O. The van der Waals surface area contributed by atoms with Gasteiger partial charge in [0.25, 0.3) is 5.91 Å². The Morgan fingerprint density at radius 3 is 2.84 bits per heavy atom. The third kappa shape index (κ3) is 1.72. The van der Waals surface area contributed by atoms with Crippen LogP contribution < -0.4 is 0 Å². The van der Waals surface area contributed by atoms with Gasteiger partial charge in [-0.25, -0.2) is 0 Å². The summed E-state index contributed by atoms with van der Waals surface area (Å²) >= 11 is 0. The van der Waals surface area contributed by atoms with E-state index in [-0.39, 0.29) is 5.91 Å². The van der Waals surface area contributed by atoms with Crippen molar-refractivity contribution < 1.29 is 4.79 Å². The van der Waals surface area contributed by atoms with Gasteiger partial charge in [-0.15, -0.1) is 0 Å². The Morgan fingerprint density at radius 1 is 1.21 bits per heavy atom. The Hall–Kier alpha value is -1.90. The van der Waals surface area contributed by atoms with Crippen LogP contribution in [-0.4, -0.2) is 28.4 Å². The third-order valence-corrected chi connectivity index (χ3v) is 4.40. The van der Waals surface area contributed by atoms with E-state index < -0.39 is 0 Å². The molecule has 2 aliphatic rings. The molecule has 1 unspecified atom stereocenters. The molecule has 2 heterocycles. The van der Waals surface area contributed by atoms with Crippen molar-refractivity contribution >= 4 is 16.7 Å². The van der Waals surface area contributed by atoms with Gasteiger partial charge in [0.15, 0.2) is 0 Å². The number of pyridine rings is 1. The van der Waals surface area contributed by atoms with E-state index in [1.54, 1.807) is 6.20 Å². The Balaban J connectivity index is 1.71. The number of carbonyl (C=O) groups is 1. The van der Waals surface area contributed by atoms with Crippen LogP contribution in [0.2, 0.25) is 0 Å². The van der Waals surface area contributed by atoms with Gasteiger partial charge in [0.1, 0.15) is 0 Å². The molecular weight excluding hydrogens is 236 g/mol. The van der Waals surface area contributed by atoms with Gasteiger partial charge in [-0.05, 0) is 42.7 Å². The highest BCUT2D eigenvalue weighted by molar-refractivity contribution is 6.07. The quantitative estimate of drug-likeness (QED) is 0.823. The first-order valence-electron chi connectivity index (χ1n) is 6.98. The van der Waals surface area contributed by atoms with Gasteiger partial charge in [0.05, 0.1) is 0 Å². The number of aromatic nitrogens is 1. The Labute approximate surface area is 112 Å². The molecule has 4 rings (SSSR count). The molecule has 1 aliphatic carbocycles. The molecule has 1 saturated heterocycles. The molecule has 1 aromatic carbocycles. The molecule has 1 saturated carbocycles. The molecule has 1 aliphatic heterocycles. The van der Waals surface area contributed by atoms with E-state index in [2.05, 4.69) is 9.88 Å². The Morgan fingerprint density at radius 2 is 2.11 bits per heavy atom. The fraction of sp³-hybridized carbons (Fsp3) is 0.375. The van der Waals surface area contributed by atoms with Crippen molar-refractivity contribution in [3.05, 3.63) is 42.2 Å². The normalized spacial score (nSPS) is 22.3. The third-order valence-electron chi connectivity index (χ3n) is 4.40. The number of amides is 1. The topological polar surface area (TPSA) is 33.2 Å². The molecule has 0 bridgehead atoms. The minimum Gasteiger partial charge on any atom is -0.335 e. The maximum absolute atomic E-state index is 12.7. The second kappa shape index (κ2) is 4.05. The Bertz CT molecular complexity index is 643. The molecule has 3 nitrogen and oxygen atoms in total. The fourth-order valence-electron chi connectivity index (χ4n) is 3.09. The van der Waals surface area contributed by atoms with Crippen molar-refractivity contribution in [1.82, 2.24) is 9.88 Å². The van der Waals surface area contributed by atoms with E-state index in [0.717, 1.165) is 28.8 Å². The van der Waals surface area contributed by atoms with Gasteiger partial charge < -0.3 is 4.90 Å². The maximum atomic E-state index is 12.7. The number of fused-ring (bicyclic) bond motifs is 1. The van der Waals surface area contributed by atoms with E-state index in [9.17, 15) is 4.79 Å². The predicted octanol–water partition coefficient (Wildman–Crippen LogP) is 2.86. The van der Waals surface area contributed by atoms with Crippen LogP contribution in [0.1, 0.15) is 29.6 Å². The molecule has 0 spiro atoms. The van der Waals surface area contributed by atoms with E-state index in [0.29, 0.717) is 6.04 Å². The number of carbonyl (C=O) groups excluding carboxylic acids is 1. The predicted molar refractivity (Wildman–Crippen MR) is 73.9 cm³/mol. The molecule has 0 radical (unpaired) electrons. The lowest BCUT2D eigenvalue weighted by Crippen LogP contribution is -2.52. The number of nitrogens with zero attached hydrogens (tertiary/aromatic N) is 2. The van der Waals surface area contributed by atoms with Gasteiger partial charge in [0, 0.05) is 35.9 Å². The summed E-state index contributed by atoms with van der Waals surface area (Å²) in [5.41, 5.74) is 0.824. The van der Waals surface area contributed by atoms with Crippen molar-refractivity contribution in [3.63, 3.8) is 0 Å². The highest BCUT2D eigenvalue weighted by Gasteiger charge is 2.43. The summed E-state index contributed by atoms with van der Waals surface area (Å²) in [7, 11) is 0. The first kappa shape index (κ1) is 11.0. The number of likely N-dealkylation sites (tertiary alicyclic amines) is 1. The zero-order valence-corrected chi connectivity index (χ0v) is 10.7. The average Bonchev–Trinajstić information content (AvgIpc) is 3.21. The number of benzene rings is 1. The van der Waals surface area contributed by atoms with E-state index in [1.807, 2.05) is 30.5 Å². The first-order chi connectivity index (χ1) is 9.34. The van der Waals surface area contributed by atoms with Crippen LogP contribution in [0.25, 0.3) is 10.8 Å². The highest BCUT2D eigenvalue weighted by Crippen LogP contribution is 2.41. The van der Waals surface area contributed by atoms with Crippen molar-refractivity contribution in [1.29, 1.82) is 0 Å². The van der Waals surface area contributed by atoms with Gasteiger partial charge in [-0.2, -0.15) is 0 Å². The number of rotatable bonds is 2. The summed E-state index contributed by atoms with van der Waals surface area (Å²) < 4.78 is 0. The minimum atomic E-state index is 0.194. The van der Waals surface area contributed by atoms with Gasteiger partial charge in [-0.1, -0.05) is 12.1 Å². The zero-order chi connectivity index (χ0) is 12.8. The molecule has 1 aromatic heterocycles. The van der Waals surface area contributed by atoms with Gasteiger partial charge in [0.2, 0.25) is 0 Å². The van der Waals surface area contributed by atoms with Crippen LogP contribution in [0.3, 0.4) is 0 Å². The van der Waals surface area contributed by atoms with Crippen LogP contribution >= 0.6 is 0 Å². The van der Waals surface area contributed by atoms with Crippen LogP contribution in [0.5, 0.6) is 0 Å². The second-order valence-electron chi connectivity index (χ2n) is 5.59. The number of hydrogen-bond acceptors (Lipinski definition) is 2. The van der Waals surface area contributed by atoms with Crippen molar-refractivity contribution in [3.8, 4) is 0 Å². The number of hydrogen-bond donors (Lipinski definition) is 0. The summed E-state index contributed by atoms with van der Waals surface area (Å²) in [6, 6.07) is 8.34. The summed E-state index contributed by atoms with van der Waals surface area (Å²) in [6.45, 7) is 0.918. The maximum Gasteiger partial charge on any atom is 0.254 e. The smallest absolute Gasteiger partial charge is 0.254 e. The van der Waals surface area contributed by atoms with E-state index >= 15 is 0 Å². The average molecular weight is 252 g/mol. The minimum absolute atomic E-state index is 0.194. The molecule has 2 fully saturated rings. The molecule has 3 heteroatoms. The fourth-order valence-corrected chi connectivity index (χ4v) is 3.09. The van der Waals surface area contributed by atoms with Crippen molar-refractivity contribution in [2.24, 2.45) is 5.92 Å². The molecule has 1 atom stereocenters. The summed E-state index contributed by atoms with van der Waals surface area (Å²) in [6.07, 6.45) is 7.36. The Kier molecular flexibility index (Phi) is 2.34. The first-order valence-corrected chi connectivity index (χ1v) is 6.98. The van der Waals surface area contributed by atoms with Crippen LogP contribution in [0, 0.1) is 5.92 Å². The lowest BCUT2D eigenvalue weighted by atomic mass is 9.95. The molecule has 2 aromatic rings. The van der Waals surface area contributed by atoms with Crippen LogP contribution in [0.15, 0.2) is 36.7 Å². The van der Waals surface area contributed by atoms with Crippen LogP contribution in [0.4, 0.5) is 0 Å². The SMILES string of the molecule is O=C(c1cccc2cnccc12)N1CCC1C1CC1. The lowest BCUT2D eigenvalue weighted by Gasteiger charge is -2.41. The second-order valence-corrected chi connectivity index (χ2v) is 5.59. The van der Waals surface area contributed by atoms with E-state index in [1.165, 1.54) is 19.3 Å². The molecule has 19 heavy (non-hydrogen) atoms. The molecule has 96 valence electrons. The van der Waals surface area contributed by atoms with Crippen LogP contribution in [-0.2, 0) is 0 Å². The lowest BCUT2D eigenvalue weighted by molar-refractivity contribution is 0.0414.